The van der Waals surface area contributed by atoms with Gasteiger partial charge < -0.3 is 10.6 Å². The van der Waals surface area contributed by atoms with E-state index in [-0.39, 0.29) is 0 Å². The van der Waals surface area contributed by atoms with Crippen LogP contribution < -0.4 is 10.6 Å². The Kier molecular flexibility index (Phi) is 3.14. The first-order valence-corrected chi connectivity index (χ1v) is 7.12. The maximum atomic E-state index is 3.51. The Morgan fingerprint density at radius 1 is 1.41 bits per heavy atom. The first-order chi connectivity index (χ1) is 8.40. The van der Waals surface area contributed by atoms with Gasteiger partial charge in [0, 0.05) is 10.7 Å². The van der Waals surface area contributed by atoms with E-state index in [1.807, 2.05) is 11.3 Å². The molecular formula is C14H18N2S. The summed E-state index contributed by atoms with van der Waals surface area (Å²) in [5, 5.41) is 10.7. The molecule has 2 N–H and O–H groups in total. The summed E-state index contributed by atoms with van der Waals surface area (Å²) in [6.45, 7) is 2.29. The summed E-state index contributed by atoms with van der Waals surface area (Å²) in [6.07, 6.45) is 1.27. The molecule has 2 nitrogen and oxygen atoms in total. The van der Waals surface area contributed by atoms with E-state index >= 15 is 0 Å². The second-order valence-electron chi connectivity index (χ2n) is 4.71. The number of hydrogen-bond donors (Lipinski definition) is 2. The van der Waals surface area contributed by atoms with Crippen molar-refractivity contribution in [2.24, 2.45) is 5.92 Å². The fourth-order valence-electron chi connectivity index (χ4n) is 2.85. The zero-order valence-electron chi connectivity index (χ0n) is 10.1. The molecule has 17 heavy (non-hydrogen) atoms. The molecule has 0 spiro atoms. The Balaban J connectivity index is 2.00. The van der Waals surface area contributed by atoms with Crippen LogP contribution in [0.2, 0.25) is 0 Å². The van der Waals surface area contributed by atoms with Gasteiger partial charge in [-0.1, -0.05) is 18.2 Å². The smallest absolute Gasteiger partial charge is 0.0373 e. The zero-order chi connectivity index (χ0) is 11.7. The molecule has 2 heterocycles. The molecule has 3 heteroatoms. The van der Waals surface area contributed by atoms with Crippen LogP contribution in [0.15, 0.2) is 29.6 Å². The van der Waals surface area contributed by atoms with Crippen molar-refractivity contribution >= 4 is 21.4 Å². The molecule has 1 fully saturated rings. The molecule has 0 radical (unpaired) electrons. The Labute approximate surface area is 106 Å². The maximum absolute atomic E-state index is 3.51. The minimum absolute atomic E-state index is 0.487. The summed E-state index contributed by atoms with van der Waals surface area (Å²) in [4.78, 5) is 0. The summed E-state index contributed by atoms with van der Waals surface area (Å²) in [6, 6.07) is 9.20. The van der Waals surface area contributed by atoms with Gasteiger partial charge >= 0.3 is 0 Å². The van der Waals surface area contributed by atoms with E-state index in [9.17, 15) is 0 Å². The highest BCUT2D eigenvalue weighted by atomic mass is 32.1. The monoisotopic (exact) mass is 246 g/mol. The molecule has 1 aromatic heterocycles. The Morgan fingerprint density at radius 3 is 3.06 bits per heavy atom. The largest absolute Gasteiger partial charge is 0.316 e. The van der Waals surface area contributed by atoms with Gasteiger partial charge in [0.05, 0.1) is 0 Å². The molecule has 1 aliphatic rings. The van der Waals surface area contributed by atoms with Crippen LogP contribution in [0, 0.1) is 5.92 Å². The van der Waals surface area contributed by atoms with Gasteiger partial charge in [-0.2, -0.15) is 0 Å². The van der Waals surface area contributed by atoms with E-state index in [1.165, 1.54) is 22.1 Å². The highest BCUT2D eigenvalue weighted by Gasteiger charge is 2.26. The summed E-state index contributed by atoms with van der Waals surface area (Å²) in [5.41, 5.74) is 1.47. The topological polar surface area (TPSA) is 24.1 Å². The van der Waals surface area contributed by atoms with Gasteiger partial charge in [-0.25, -0.2) is 0 Å². The molecule has 0 aliphatic carbocycles. The Morgan fingerprint density at radius 2 is 2.29 bits per heavy atom. The average Bonchev–Trinajstić information content (AvgIpc) is 3.01. The molecule has 0 saturated carbocycles. The van der Waals surface area contributed by atoms with Crippen LogP contribution in [0.5, 0.6) is 0 Å². The van der Waals surface area contributed by atoms with Crippen LogP contribution >= 0.6 is 11.3 Å². The lowest BCUT2D eigenvalue weighted by Crippen LogP contribution is -2.26. The van der Waals surface area contributed by atoms with Crippen LogP contribution in [-0.4, -0.2) is 20.1 Å². The van der Waals surface area contributed by atoms with E-state index in [0.29, 0.717) is 6.04 Å². The standard InChI is InChI=1S/C14H18N2S/c1-15-14(10-6-7-16-8-10)12-9-17-13-5-3-2-4-11(12)13/h2-5,9-10,14-16H,6-8H2,1H3. The fourth-order valence-corrected chi connectivity index (χ4v) is 3.84. The summed E-state index contributed by atoms with van der Waals surface area (Å²) >= 11 is 1.86. The first kappa shape index (κ1) is 11.2. The number of rotatable bonds is 3. The first-order valence-electron chi connectivity index (χ1n) is 6.24. The second-order valence-corrected chi connectivity index (χ2v) is 5.62. The summed E-state index contributed by atoms with van der Waals surface area (Å²) < 4.78 is 1.40. The highest BCUT2D eigenvalue weighted by Crippen LogP contribution is 2.35. The van der Waals surface area contributed by atoms with Crippen molar-refractivity contribution in [3.05, 3.63) is 35.2 Å². The van der Waals surface area contributed by atoms with Crippen molar-refractivity contribution in [2.45, 2.75) is 12.5 Å². The molecule has 1 aromatic carbocycles. The molecule has 2 aromatic rings. The van der Waals surface area contributed by atoms with Gasteiger partial charge in [0.25, 0.3) is 0 Å². The van der Waals surface area contributed by atoms with Crippen LogP contribution in [0.4, 0.5) is 0 Å². The minimum Gasteiger partial charge on any atom is -0.316 e. The lowest BCUT2D eigenvalue weighted by atomic mass is 9.92. The van der Waals surface area contributed by atoms with Gasteiger partial charge in [0.2, 0.25) is 0 Å². The van der Waals surface area contributed by atoms with E-state index in [1.54, 1.807) is 0 Å². The Hall–Kier alpha value is -0.900. The molecule has 1 aliphatic heterocycles. The number of nitrogens with one attached hydrogen (secondary N) is 2. The van der Waals surface area contributed by atoms with E-state index in [2.05, 4.69) is 47.3 Å². The van der Waals surface area contributed by atoms with Gasteiger partial charge in [-0.3, -0.25) is 0 Å². The third kappa shape index (κ3) is 1.99. The van der Waals surface area contributed by atoms with Gasteiger partial charge in [0.15, 0.2) is 0 Å². The van der Waals surface area contributed by atoms with Crippen LogP contribution in [-0.2, 0) is 0 Å². The summed E-state index contributed by atoms with van der Waals surface area (Å²) in [7, 11) is 2.08. The third-order valence-corrected chi connectivity index (χ3v) is 4.71. The van der Waals surface area contributed by atoms with Crippen LogP contribution in [0.25, 0.3) is 10.1 Å². The number of benzene rings is 1. The summed E-state index contributed by atoms with van der Waals surface area (Å²) in [5.74, 6) is 0.720. The van der Waals surface area contributed by atoms with Gasteiger partial charge in [-0.15, -0.1) is 11.3 Å². The average molecular weight is 246 g/mol. The minimum atomic E-state index is 0.487. The van der Waals surface area contributed by atoms with Gasteiger partial charge in [-0.05, 0) is 54.9 Å². The maximum Gasteiger partial charge on any atom is 0.0373 e. The predicted molar refractivity (Wildman–Crippen MR) is 74.6 cm³/mol. The Bertz CT molecular complexity index is 500. The van der Waals surface area contributed by atoms with Crippen molar-refractivity contribution in [2.75, 3.05) is 20.1 Å². The fraction of sp³-hybridized carbons (Fsp3) is 0.429. The van der Waals surface area contributed by atoms with Crippen molar-refractivity contribution in [3.63, 3.8) is 0 Å². The molecule has 3 rings (SSSR count). The SMILES string of the molecule is CNC(c1csc2ccccc12)C1CCNC1. The molecule has 2 atom stereocenters. The van der Waals surface area contributed by atoms with Crippen molar-refractivity contribution in [1.82, 2.24) is 10.6 Å². The highest BCUT2D eigenvalue weighted by molar-refractivity contribution is 7.17. The molecule has 90 valence electrons. The van der Waals surface area contributed by atoms with Crippen LogP contribution in [0.1, 0.15) is 18.0 Å². The van der Waals surface area contributed by atoms with Crippen molar-refractivity contribution in [1.29, 1.82) is 0 Å². The second kappa shape index (κ2) is 4.77. The van der Waals surface area contributed by atoms with E-state index in [4.69, 9.17) is 0 Å². The number of thiophene rings is 1. The van der Waals surface area contributed by atoms with Crippen LogP contribution in [0.3, 0.4) is 0 Å². The van der Waals surface area contributed by atoms with E-state index in [0.717, 1.165) is 19.0 Å². The molecular weight excluding hydrogens is 228 g/mol. The molecule has 2 unspecified atom stereocenters. The zero-order valence-corrected chi connectivity index (χ0v) is 10.9. The lowest BCUT2D eigenvalue weighted by Gasteiger charge is -2.22. The lowest BCUT2D eigenvalue weighted by molar-refractivity contribution is 0.413. The normalized spacial score (nSPS) is 22.1. The molecule has 0 amide bonds. The molecule has 1 saturated heterocycles. The quantitative estimate of drug-likeness (QED) is 0.870. The van der Waals surface area contributed by atoms with Crippen molar-refractivity contribution in [3.8, 4) is 0 Å². The van der Waals surface area contributed by atoms with Gasteiger partial charge in [0.1, 0.15) is 0 Å². The predicted octanol–water partition coefficient (Wildman–Crippen LogP) is 2.77. The van der Waals surface area contributed by atoms with Crippen molar-refractivity contribution < 1.29 is 0 Å². The number of hydrogen-bond acceptors (Lipinski definition) is 3. The number of fused-ring (bicyclic) bond motifs is 1. The molecule has 0 bridgehead atoms. The third-order valence-electron chi connectivity index (χ3n) is 3.73. The van der Waals surface area contributed by atoms with E-state index < -0.39 is 0 Å².